The monoisotopic (exact) mass is 240 g/mol. The number of halogens is 2. The molecule has 0 spiro atoms. The summed E-state index contributed by atoms with van der Waals surface area (Å²) >= 11 is 10.7. The maximum Gasteiger partial charge on any atom is 0.292 e. The molecular formula is C4H2Cl2N4O4. The molecule has 0 fully saturated rings. The first-order valence-corrected chi connectivity index (χ1v) is 3.73. The molecule has 0 radical (unpaired) electrons. The van der Waals surface area contributed by atoms with E-state index in [1.807, 2.05) is 0 Å². The van der Waals surface area contributed by atoms with Gasteiger partial charge in [-0.2, -0.15) is 0 Å². The molecule has 2 N–H and O–H groups in total. The van der Waals surface area contributed by atoms with Gasteiger partial charge < -0.3 is 15.6 Å². The van der Waals surface area contributed by atoms with E-state index in [0.717, 1.165) is 0 Å². The molecule has 0 bridgehead atoms. The fourth-order valence-electron chi connectivity index (χ4n) is 0.652. The first-order valence-electron chi connectivity index (χ1n) is 2.97. The summed E-state index contributed by atoms with van der Waals surface area (Å²) in [6.07, 6.45) is 0. The van der Waals surface area contributed by atoms with Crippen molar-refractivity contribution >= 4 is 33.5 Å². The van der Waals surface area contributed by atoms with Gasteiger partial charge in [0.1, 0.15) is 0 Å². The molecule has 1 rings (SSSR count). The average molecular weight is 241 g/mol. The minimum absolute atomic E-state index is 0.148. The molecule has 1 heterocycles. The lowest BCUT2D eigenvalue weighted by molar-refractivity contribution is -0.803. The zero-order chi connectivity index (χ0) is 10.7. The Hall–Kier alpha value is -1.54. The number of hydrogen-bond donors (Lipinski definition) is 2. The second-order valence-electron chi connectivity index (χ2n) is 1.91. The van der Waals surface area contributed by atoms with Gasteiger partial charge in [0.2, 0.25) is 10.3 Å². The molecule has 76 valence electrons. The second kappa shape index (κ2) is 4.11. The van der Waals surface area contributed by atoms with Gasteiger partial charge in [0.15, 0.2) is 0 Å². The van der Waals surface area contributed by atoms with Gasteiger partial charge in [0.25, 0.3) is 11.4 Å². The SMILES string of the molecule is [O-][n+]1onc(/C(Cl)=N/O)c1/C(Cl)=N/O. The molecule has 0 aromatic carbocycles. The molecule has 0 amide bonds. The molecule has 0 saturated heterocycles. The van der Waals surface area contributed by atoms with E-state index in [4.69, 9.17) is 33.6 Å². The van der Waals surface area contributed by atoms with Crippen molar-refractivity contribution in [3.63, 3.8) is 0 Å². The van der Waals surface area contributed by atoms with Crippen molar-refractivity contribution in [2.45, 2.75) is 0 Å². The zero-order valence-electron chi connectivity index (χ0n) is 6.26. The fraction of sp³-hybridized carbons (Fsp3) is 0. The van der Waals surface area contributed by atoms with Crippen molar-refractivity contribution in [3.8, 4) is 0 Å². The highest BCUT2D eigenvalue weighted by Crippen LogP contribution is 2.09. The van der Waals surface area contributed by atoms with Gasteiger partial charge in [-0.1, -0.05) is 33.5 Å². The number of hydrogen-bond acceptors (Lipinski definition) is 7. The van der Waals surface area contributed by atoms with Crippen LogP contribution in [0.15, 0.2) is 14.9 Å². The van der Waals surface area contributed by atoms with Crippen LogP contribution in [0, 0.1) is 5.21 Å². The first kappa shape index (κ1) is 10.5. The van der Waals surface area contributed by atoms with Gasteiger partial charge in [-0.3, -0.25) is 4.63 Å². The fourth-order valence-corrected chi connectivity index (χ4v) is 0.934. The molecule has 0 atom stereocenters. The Kier molecular flexibility index (Phi) is 3.10. The summed E-state index contributed by atoms with van der Waals surface area (Å²) in [5, 5.41) is 34.6. The summed E-state index contributed by atoms with van der Waals surface area (Å²) in [4.78, 5) is -0.148. The zero-order valence-corrected chi connectivity index (χ0v) is 7.77. The number of aromatic nitrogens is 2. The molecule has 14 heavy (non-hydrogen) atoms. The molecule has 0 unspecified atom stereocenters. The van der Waals surface area contributed by atoms with Gasteiger partial charge in [-0.05, 0) is 4.90 Å². The predicted octanol–water partition coefficient (Wildman–Crippen LogP) is 0.0572. The number of oxime groups is 2. The largest absolute Gasteiger partial charge is 0.410 e. The van der Waals surface area contributed by atoms with Crippen molar-refractivity contribution < 1.29 is 19.9 Å². The summed E-state index contributed by atoms with van der Waals surface area (Å²) in [6.45, 7) is 0. The van der Waals surface area contributed by atoms with Crippen LogP contribution in [-0.2, 0) is 0 Å². The third kappa shape index (κ3) is 1.70. The summed E-state index contributed by atoms with van der Waals surface area (Å²) in [6, 6.07) is 0. The van der Waals surface area contributed by atoms with Crippen molar-refractivity contribution in [2.75, 3.05) is 0 Å². The van der Waals surface area contributed by atoms with Gasteiger partial charge in [-0.15, -0.1) is 0 Å². The number of nitrogens with zero attached hydrogens (tertiary/aromatic N) is 4. The van der Waals surface area contributed by atoms with Crippen LogP contribution in [0.4, 0.5) is 0 Å². The summed E-state index contributed by atoms with van der Waals surface area (Å²) < 4.78 is 4.10. The lowest BCUT2D eigenvalue weighted by Gasteiger charge is -1.91. The molecule has 8 nitrogen and oxygen atoms in total. The highest BCUT2D eigenvalue weighted by Gasteiger charge is 2.28. The van der Waals surface area contributed by atoms with Crippen LogP contribution in [-0.4, -0.2) is 25.9 Å². The van der Waals surface area contributed by atoms with E-state index < -0.39 is 16.0 Å². The van der Waals surface area contributed by atoms with Crippen LogP contribution in [0.1, 0.15) is 11.4 Å². The molecule has 0 aliphatic heterocycles. The Labute approximate surface area is 86.1 Å². The Balaban J connectivity index is 3.33. The molecule has 0 aliphatic rings. The van der Waals surface area contributed by atoms with Gasteiger partial charge >= 0.3 is 0 Å². The standard InChI is InChI=1S/C4H2Cl2N4O4/c5-3(7-11)1-2(4(6)8-12)10(13)14-9-1/h11-12H/b7-3-,8-4-. The van der Waals surface area contributed by atoms with Crippen LogP contribution in [0.3, 0.4) is 0 Å². The van der Waals surface area contributed by atoms with E-state index in [2.05, 4.69) is 20.1 Å². The summed E-state index contributed by atoms with van der Waals surface area (Å²) in [7, 11) is 0. The molecular weight excluding hydrogens is 239 g/mol. The van der Waals surface area contributed by atoms with Crippen LogP contribution < -0.4 is 4.90 Å². The van der Waals surface area contributed by atoms with Crippen molar-refractivity contribution in [1.29, 1.82) is 0 Å². The van der Waals surface area contributed by atoms with E-state index in [1.165, 1.54) is 0 Å². The van der Waals surface area contributed by atoms with Crippen LogP contribution >= 0.6 is 23.2 Å². The van der Waals surface area contributed by atoms with Crippen LogP contribution in [0.2, 0.25) is 0 Å². The van der Waals surface area contributed by atoms with E-state index >= 15 is 0 Å². The first-order chi connectivity index (χ1) is 6.61. The van der Waals surface area contributed by atoms with Crippen LogP contribution in [0.25, 0.3) is 0 Å². The molecule has 10 heteroatoms. The Morgan fingerprint density at radius 2 is 1.93 bits per heavy atom. The lowest BCUT2D eigenvalue weighted by atomic mass is 10.3. The van der Waals surface area contributed by atoms with E-state index in [1.54, 1.807) is 0 Å². The van der Waals surface area contributed by atoms with Gasteiger partial charge in [0.05, 0.1) is 0 Å². The Morgan fingerprint density at radius 3 is 2.43 bits per heavy atom. The molecule has 0 saturated carbocycles. The number of rotatable bonds is 2. The summed E-state index contributed by atoms with van der Waals surface area (Å²) in [5.74, 6) is 0. The summed E-state index contributed by atoms with van der Waals surface area (Å²) in [5.41, 5.74) is -0.802. The topological polar surface area (TPSA) is 118 Å². The molecule has 1 aromatic rings. The lowest BCUT2D eigenvalue weighted by Crippen LogP contribution is -2.31. The Bertz CT molecular complexity index is 400. The van der Waals surface area contributed by atoms with Crippen molar-refractivity contribution in [1.82, 2.24) is 5.16 Å². The smallest absolute Gasteiger partial charge is 0.292 e. The van der Waals surface area contributed by atoms with Crippen molar-refractivity contribution in [3.05, 3.63) is 16.6 Å². The van der Waals surface area contributed by atoms with Crippen LogP contribution in [0.5, 0.6) is 0 Å². The quantitative estimate of drug-likeness (QED) is 0.328. The molecule has 1 aromatic heterocycles. The van der Waals surface area contributed by atoms with Gasteiger partial charge in [-0.25, -0.2) is 0 Å². The van der Waals surface area contributed by atoms with E-state index in [0.29, 0.717) is 0 Å². The highest BCUT2D eigenvalue weighted by atomic mass is 35.5. The van der Waals surface area contributed by atoms with E-state index in [-0.39, 0.29) is 10.6 Å². The van der Waals surface area contributed by atoms with Crippen molar-refractivity contribution in [2.24, 2.45) is 10.3 Å². The third-order valence-electron chi connectivity index (χ3n) is 1.18. The predicted molar refractivity (Wildman–Crippen MR) is 43.8 cm³/mol. The second-order valence-corrected chi connectivity index (χ2v) is 2.62. The normalized spacial score (nSPS) is 13.3. The third-order valence-corrected chi connectivity index (χ3v) is 1.69. The van der Waals surface area contributed by atoms with E-state index in [9.17, 15) is 5.21 Å². The maximum absolute atomic E-state index is 10.9. The Morgan fingerprint density at radius 1 is 1.36 bits per heavy atom. The maximum atomic E-state index is 10.9. The van der Waals surface area contributed by atoms with Gasteiger partial charge in [0, 0.05) is 5.16 Å². The minimum Gasteiger partial charge on any atom is -0.410 e. The minimum atomic E-state index is -0.599. The highest BCUT2D eigenvalue weighted by molar-refractivity contribution is 6.73. The average Bonchev–Trinajstić information content (AvgIpc) is 2.58. The molecule has 0 aliphatic carbocycles.